The van der Waals surface area contributed by atoms with Gasteiger partial charge in [-0.3, -0.25) is 14.5 Å². The number of fused-ring (bicyclic) bond motifs is 3. The second kappa shape index (κ2) is 10.9. The molecule has 34 heavy (non-hydrogen) atoms. The van der Waals surface area contributed by atoms with Crippen molar-refractivity contribution >= 4 is 11.8 Å². The lowest BCUT2D eigenvalue weighted by Crippen LogP contribution is -2.48. The monoisotopic (exact) mass is 467 g/mol. The van der Waals surface area contributed by atoms with E-state index in [0.29, 0.717) is 58.3 Å². The Labute approximate surface area is 202 Å². The number of piperidine rings is 1. The summed E-state index contributed by atoms with van der Waals surface area (Å²) < 4.78 is 11.5. The standard InChI is InChI=1S/C27H37N3O4/c31-26(29-11-14-33-15-12-29)16-22-9-10-30-19-23(22)5-3-13-34-25-6-2-1-4-24(25)18-28(20-27(30)32)17-21-7-8-21/h1-6,21-23H,7-20H2/b5-3-/t22-,23-/m0/s1. The number of carbonyl (C=O) groups is 2. The van der Waals surface area contributed by atoms with Crippen molar-refractivity contribution in [2.75, 3.05) is 59.1 Å². The Morgan fingerprint density at radius 1 is 1.03 bits per heavy atom. The lowest BCUT2D eigenvalue weighted by Gasteiger charge is -2.39. The summed E-state index contributed by atoms with van der Waals surface area (Å²) >= 11 is 0. The summed E-state index contributed by atoms with van der Waals surface area (Å²) in [4.78, 5) is 32.6. The number of para-hydroxylation sites is 1. The van der Waals surface area contributed by atoms with Crippen LogP contribution in [0.4, 0.5) is 0 Å². The minimum atomic E-state index is 0.166. The van der Waals surface area contributed by atoms with Crippen LogP contribution in [0.5, 0.6) is 5.75 Å². The van der Waals surface area contributed by atoms with Crippen LogP contribution in [0, 0.1) is 17.8 Å². The van der Waals surface area contributed by atoms with E-state index in [1.165, 1.54) is 12.8 Å². The SMILES string of the molecule is O=C(C[C@@H]1CCN2C[C@@H]1/C=C\COc1ccccc1CN(CC1CC1)CC2=O)N1CCOCC1. The quantitative estimate of drug-likeness (QED) is 0.637. The van der Waals surface area contributed by atoms with Crippen molar-refractivity contribution in [1.82, 2.24) is 14.7 Å². The first-order valence-corrected chi connectivity index (χ1v) is 12.9. The molecule has 0 unspecified atom stereocenters. The molecule has 3 aliphatic heterocycles. The molecular formula is C27H37N3O4. The Hall–Kier alpha value is -2.38. The average molecular weight is 468 g/mol. The highest BCUT2D eigenvalue weighted by atomic mass is 16.5. The van der Waals surface area contributed by atoms with Gasteiger partial charge < -0.3 is 19.3 Å². The molecule has 1 aromatic carbocycles. The average Bonchev–Trinajstić information content (AvgIpc) is 3.67. The number of amides is 2. The van der Waals surface area contributed by atoms with Crippen LogP contribution in [0.1, 0.15) is 31.2 Å². The summed E-state index contributed by atoms with van der Waals surface area (Å²) in [6.07, 6.45) is 8.17. The molecule has 0 spiro atoms. The molecule has 0 N–H and O–H groups in total. The van der Waals surface area contributed by atoms with Gasteiger partial charge in [0.2, 0.25) is 11.8 Å². The number of hydrogen-bond acceptors (Lipinski definition) is 5. The fraction of sp³-hybridized carbons (Fsp3) is 0.630. The number of ether oxygens (including phenoxy) is 2. The predicted molar refractivity (Wildman–Crippen MR) is 129 cm³/mol. The van der Waals surface area contributed by atoms with E-state index in [1.807, 2.05) is 28.0 Å². The molecule has 2 bridgehead atoms. The first-order valence-electron chi connectivity index (χ1n) is 12.9. The summed E-state index contributed by atoms with van der Waals surface area (Å²) in [6.45, 7) is 6.66. The van der Waals surface area contributed by atoms with Crippen LogP contribution in [0.15, 0.2) is 36.4 Å². The number of rotatable bonds is 4. The lowest BCUT2D eigenvalue weighted by molar-refractivity contribution is -0.138. The molecule has 1 saturated carbocycles. The minimum Gasteiger partial charge on any atom is -0.489 e. The van der Waals surface area contributed by atoms with Crippen molar-refractivity contribution < 1.29 is 19.1 Å². The molecule has 2 amide bonds. The Morgan fingerprint density at radius 2 is 1.85 bits per heavy atom. The van der Waals surface area contributed by atoms with Crippen molar-refractivity contribution in [1.29, 1.82) is 0 Å². The maximum Gasteiger partial charge on any atom is 0.236 e. The molecule has 2 atom stereocenters. The van der Waals surface area contributed by atoms with Gasteiger partial charge in [0.15, 0.2) is 0 Å². The minimum absolute atomic E-state index is 0.166. The van der Waals surface area contributed by atoms with E-state index in [-0.39, 0.29) is 23.7 Å². The molecule has 3 heterocycles. The van der Waals surface area contributed by atoms with Crippen LogP contribution in [0.25, 0.3) is 0 Å². The van der Waals surface area contributed by atoms with Crippen molar-refractivity contribution in [3.63, 3.8) is 0 Å². The van der Waals surface area contributed by atoms with Crippen LogP contribution in [-0.4, -0.2) is 85.6 Å². The summed E-state index contributed by atoms with van der Waals surface area (Å²) in [6, 6.07) is 8.17. The highest BCUT2D eigenvalue weighted by Gasteiger charge is 2.34. The van der Waals surface area contributed by atoms with Gasteiger partial charge >= 0.3 is 0 Å². The summed E-state index contributed by atoms with van der Waals surface area (Å²) in [5, 5.41) is 0. The largest absolute Gasteiger partial charge is 0.489 e. The molecular weight excluding hydrogens is 430 g/mol. The van der Waals surface area contributed by atoms with Gasteiger partial charge in [-0.15, -0.1) is 0 Å². The Morgan fingerprint density at radius 3 is 2.68 bits per heavy atom. The third kappa shape index (κ3) is 5.99. The van der Waals surface area contributed by atoms with Crippen molar-refractivity contribution in [2.45, 2.75) is 32.2 Å². The van der Waals surface area contributed by atoms with Crippen LogP contribution in [0.3, 0.4) is 0 Å². The lowest BCUT2D eigenvalue weighted by atomic mass is 9.82. The van der Waals surface area contributed by atoms with Gasteiger partial charge in [-0.25, -0.2) is 0 Å². The number of hydrogen-bond donors (Lipinski definition) is 0. The fourth-order valence-electron chi connectivity index (χ4n) is 5.42. The maximum absolute atomic E-state index is 13.4. The van der Waals surface area contributed by atoms with Crippen LogP contribution in [0.2, 0.25) is 0 Å². The van der Waals surface area contributed by atoms with E-state index in [4.69, 9.17) is 9.47 Å². The predicted octanol–water partition coefficient (Wildman–Crippen LogP) is 2.56. The maximum atomic E-state index is 13.4. The smallest absolute Gasteiger partial charge is 0.236 e. The van der Waals surface area contributed by atoms with Crippen LogP contribution in [-0.2, 0) is 20.9 Å². The Bertz CT molecular complexity index is 894. The van der Waals surface area contributed by atoms with Crippen molar-refractivity contribution in [3.05, 3.63) is 42.0 Å². The highest BCUT2D eigenvalue weighted by molar-refractivity contribution is 5.79. The number of benzene rings is 1. The highest BCUT2D eigenvalue weighted by Crippen LogP contribution is 2.32. The normalized spacial score (nSPS) is 27.6. The molecule has 184 valence electrons. The van der Waals surface area contributed by atoms with E-state index < -0.39 is 0 Å². The summed E-state index contributed by atoms with van der Waals surface area (Å²) in [7, 11) is 0. The molecule has 7 heteroatoms. The molecule has 0 aromatic heterocycles. The number of nitrogens with zero attached hydrogens (tertiary/aromatic N) is 3. The van der Waals surface area contributed by atoms with Crippen molar-refractivity contribution in [3.8, 4) is 5.75 Å². The molecule has 3 fully saturated rings. The molecule has 7 nitrogen and oxygen atoms in total. The third-order valence-corrected chi connectivity index (χ3v) is 7.62. The van der Waals surface area contributed by atoms with Gasteiger partial charge in [-0.2, -0.15) is 0 Å². The van der Waals surface area contributed by atoms with E-state index in [9.17, 15) is 9.59 Å². The van der Waals surface area contributed by atoms with Crippen molar-refractivity contribution in [2.24, 2.45) is 17.8 Å². The molecule has 2 saturated heterocycles. The zero-order chi connectivity index (χ0) is 23.3. The third-order valence-electron chi connectivity index (χ3n) is 7.62. The zero-order valence-corrected chi connectivity index (χ0v) is 20.1. The number of morpholine rings is 1. The second-order valence-electron chi connectivity index (χ2n) is 10.2. The Balaban J connectivity index is 1.32. The van der Waals surface area contributed by atoms with Gasteiger partial charge in [0.25, 0.3) is 0 Å². The molecule has 5 rings (SSSR count). The van der Waals surface area contributed by atoms with E-state index >= 15 is 0 Å². The second-order valence-corrected chi connectivity index (χ2v) is 10.2. The fourth-order valence-corrected chi connectivity index (χ4v) is 5.42. The van der Waals surface area contributed by atoms with Gasteiger partial charge in [0, 0.05) is 51.3 Å². The van der Waals surface area contributed by atoms with Gasteiger partial charge in [-0.05, 0) is 43.1 Å². The van der Waals surface area contributed by atoms with Gasteiger partial charge in [-0.1, -0.05) is 30.4 Å². The molecule has 4 aliphatic rings. The van der Waals surface area contributed by atoms with E-state index in [0.717, 1.165) is 37.4 Å². The van der Waals surface area contributed by atoms with Crippen LogP contribution >= 0.6 is 0 Å². The first-order chi connectivity index (χ1) is 16.7. The first kappa shape index (κ1) is 23.4. The van der Waals surface area contributed by atoms with Crippen LogP contribution < -0.4 is 4.74 Å². The van der Waals surface area contributed by atoms with Gasteiger partial charge in [0.1, 0.15) is 12.4 Å². The summed E-state index contributed by atoms with van der Waals surface area (Å²) in [5.41, 5.74) is 1.13. The van der Waals surface area contributed by atoms with E-state index in [1.54, 1.807) is 0 Å². The summed E-state index contributed by atoms with van der Waals surface area (Å²) in [5.74, 6) is 2.43. The Kier molecular flexibility index (Phi) is 7.50. The molecule has 0 radical (unpaired) electrons. The molecule has 1 aromatic rings. The topological polar surface area (TPSA) is 62.3 Å². The zero-order valence-electron chi connectivity index (χ0n) is 20.1. The number of carbonyl (C=O) groups excluding carboxylic acids is 2. The molecule has 1 aliphatic carbocycles. The van der Waals surface area contributed by atoms with Gasteiger partial charge in [0.05, 0.1) is 19.8 Å². The van der Waals surface area contributed by atoms with E-state index in [2.05, 4.69) is 23.1 Å².